The molecule has 1 aromatic rings. The maximum absolute atomic E-state index is 11.0. The van der Waals surface area contributed by atoms with E-state index in [1.165, 1.54) is 13.1 Å². The lowest BCUT2D eigenvalue weighted by molar-refractivity contribution is -0.110. The summed E-state index contributed by atoms with van der Waals surface area (Å²) in [6.45, 7) is 13.5. The van der Waals surface area contributed by atoms with Crippen molar-refractivity contribution in [2.45, 2.75) is 72.6 Å². The van der Waals surface area contributed by atoms with Gasteiger partial charge < -0.3 is 14.2 Å². The molecule has 1 aromatic carbocycles. The Bertz CT molecular complexity index is 642. The van der Waals surface area contributed by atoms with Crippen LogP contribution in [0, 0.1) is 0 Å². The second-order valence-electron chi connectivity index (χ2n) is 8.01. The first kappa shape index (κ1) is 25.3. The van der Waals surface area contributed by atoms with Crippen LogP contribution in [0.3, 0.4) is 0 Å². The highest BCUT2D eigenvalue weighted by Gasteiger charge is 2.24. The summed E-state index contributed by atoms with van der Waals surface area (Å²) in [5, 5.41) is 0. The number of rotatable bonds is 3. The molecule has 0 fully saturated rings. The number of ether oxygens (including phenoxy) is 3. The number of hydrogen-bond acceptors (Lipinski definition) is 7. The first-order chi connectivity index (χ1) is 12.7. The average molecular weight is 393 g/mol. The molecule has 0 aliphatic carbocycles. The van der Waals surface area contributed by atoms with Gasteiger partial charge in [0.15, 0.2) is 5.78 Å². The molecule has 28 heavy (non-hydrogen) atoms. The van der Waals surface area contributed by atoms with Crippen molar-refractivity contribution in [1.82, 2.24) is 0 Å². The van der Waals surface area contributed by atoms with Crippen LogP contribution in [-0.4, -0.2) is 35.5 Å². The fourth-order valence-corrected chi connectivity index (χ4v) is 1.64. The van der Waals surface area contributed by atoms with Crippen LogP contribution in [0.15, 0.2) is 35.3 Å². The van der Waals surface area contributed by atoms with Crippen LogP contribution in [0.2, 0.25) is 0 Å². The second-order valence-corrected chi connectivity index (χ2v) is 8.01. The third-order valence-electron chi connectivity index (χ3n) is 2.71. The predicted molar refractivity (Wildman–Crippen MR) is 108 cm³/mol. The Hall–Kier alpha value is -2.70. The van der Waals surface area contributed by atoms with E-state index in [1.54, 1.807) is 41.5 Å². The average Bonchev–Trinajstić information content (AvgIpc) is 2.50. The minimum atomic E-state index is -1.06. The van der Waals surface area contributed by atoms with Crippen molar-refractivity contribution in [2.24, 2.45) is 4.99 Å². The van der Waals surface area contributed by atoms with Gasteiger partial charge in [-0.05, 0) is 54.0 Å². The topological polar surface area (TPSA) is 91.3 Å². The van der Waals surface area contributed by atoms with E-state index in [2.05, 4.69) is 9.73 Å². The summed E-state index contributed by atoms with van der Waals surface area (Å²) >= 11 is 0. The van der Waals surface area contributed by atoms with Crippen molar-refractivity contribution in [3.05, 3.63) is 35.9 Å². The number of hydrogen-bond donors (Lipinski definition) is 0. The van der Waals surface area contributed by atoms with Crippen LogP contribution in [-0.2, 0) is 19.0 Å². The number of Topliss-reactive ketones (excluding diaryl/α,β-unsaturated/α-hetero) is 1. The highest BCUT2D eigenvalue weighted by Crippen LogP contribution is 2.14. The molecule has 0 N–H and O–H groups in total. The Morgan fingerprint density at radius 2 is 1.32 bits per heavy atom. The van der Waals surface area contributed by atoms with E-state index in [9.17, 15) is 14.4 Å². The summed E-state index contributed by atoms with van der Waals surface area (Å²) < 4.78 is 13.8. The third kappa shape index (κ3) is 14.5. The van der Waals surface area contributed by atoms with Gasteiger partial charge in [-0.3, -0.25) is 9.79 Å². The number of ketones is 1. The molecular weight excluding hydrogens is 362 g/mol. The zero-order valence-corrected chi connectivity index (χ0v) is 17.9. The quantitative estimate of drug-likeness (QED) is 0.394. The van der Waals surface area contributed by atoms with Gasteiger partial charge in [-0.2, -0.15) is 0 Å². The smallest absolute Gasteiger partial charge is 0.428 e. The first-order valence-corrected chi connectivity index (χ1v) is 8.92. The van der Waals surface area contributed by atoms with Crippen molar-refractivity contribution in [2.75, 3.05) is 0 Å². The fraction of sp³-hybridized carbons (Fsp3) is 0.524. The number of benzene rings is 1. The van der Waals surface area contributed by atoms with E-state index in [0.29, 0.717) is 0 Å². The van der Waals surface area contributed by atoms with E-state index in [4.69, 9.17) is 9.47 Å². The summed E-state index contributed by atoms with van der Waals surface area (Å²) in [6.07, 6.45) is -0.744. The number of carbonyl (C=O) groups is 3. The Morgan fingerprint density at radius 1 is 0.893 bits per heavy atom. The molecule has 0 amide bonds. The summed E-state index contributed by atoms with van der Waals surface area (Å²) in [5.74, 6) is -0.0113. The Balaban J connectivity index is 0.000000525. The van der Waals surface area contributed by atoms with Crippen LogP contribution in [0.1, 0.15) is 67.0 Å². The molecule has 0 bridgehead atoms. The molecule has 0 saturated heterocycles. The van der Waals surface area contributed by atoms with Gasteiger partial charge in [0.05, 0.1) is 12.3 Å². The monoisotopic (exact) mass is 393 g/mol. The van der Waals surface area contributed by atoms with Crippen molar-refractivity contribution < 1.29 is 28.6 Å². The van der Waals surface area contributed by atoms with Gasteiger partial charge in [0.1, 0.15) is 11.2 Å². The van der Waals surface area contributed by atoms with E-state index in [0.717, 1.165) is 5.56 Å². The van der Waals surface area contributed by atoms with E-state index in [-0.39, 0.29) is 11.8 Å². The molecule has 156 valence electrons. The van der Waals surface area contributed by atoms with Crippen LogP contribution >= 0.6 is 0 Å². The van der Waals surface area contributed by atoms with Gasteiger partial charge in [-0.15, -0.1) is 0 Å². The van der Waals surface area contributed by atoms with Crippen LogP contribution in [0.25, 0.3) is 0 Å². The highest BCUT2D eigenvalue weighted by molar-refractivity contribution is 6.26. The van der Waals surface area contributed by atoms with E-state index in [1.807, 2.05) is 37.3 Å². The number of carbonyl (C=O) groups excluding carboxylic acids is 3. The fourth-order valence-electron chi connectivity index (χ4n) is 1.64. The lowest BCUT2D eigenvalue weighted by Gasteiger charge is -2.20. The molecule has 1 atom stereocenters. The van der Waals surface area contributed by atoms with Gasteiger partial charge in [0.2, 0.25) is 0 Å². The third-order valence-corrected chi connectivity index (χ3v) is 2.71. The lowest BCUT2D eigenvalue weighted by atomic mass is 10.1. The van der Waals surface area contributed by atoms with Gasteiger partial charge in [0, 0.05) is 6.92 Å². The minimum absolute atomic E-state index is 0.0113. The maximum Gasteiger partial charge on any atom is 0.519 e. The van der Waals surface area contributed by atoms with E-state index < -0.39 is 23.5 Å². The lowest BCUT2D eigenvalue weighted by Crippen LogP contribution is -2.29. The van der Waals surface area contributed by atoms with Gasteiger partial charge >= 0.3 is 12.3 Å². The van der Waals surface area contributed by atoms with E-state index >= 15 is 0 Å². The second kappa shape index (κ2) is 11.2. The minimum Gasteiger partial charge on any atom is -0.428 e. The zero-order chi connectivity index (χ0) is 22.0. The molecule has 0 aromatic heterocycles. The Morgan fingerprint density at radius 3 is 1.68 bits per heavy atom. The number of aliphatic imine (C=N–C) groups is 1. The van der Waals surface area contributed by atoms with Gasteiger partial charge in [0.25, 0.3) is 0 Å². The van der Waals surface area contributed by atoms with Crippen LogP contribution < -0.4 is 0 Å². The number of nitrogens with zero attached hydrogens (tertiary/aromatic N) is 1. The van der Waals surface area contributed by atoms with Crippen molar-refractivity contribution >= 4 is 24.3 Å². The largest absolute Gasteiger partial charge is 0.519 e. The highest BCUT2D eigenvalue weighted by atomic mass is 16.8. The summed E-state index contributed by atoms with van der Waals surface area (Å²) in [6, 6.07) is 9.96. The van der Waals surface area contributed by atoms with Gasteiger partial charge in [-0.25, -0.2) is 9.59 Å². The Labute approximate surface area is 167 Å². The molecule has 7 nitrogen and oxygen atoms in total. The predicted octanol–water partition coefficient (Wildman–Crippen LogP) is 5.28. The molecule has 0 radical (unpaired) electrons. The summed E-state index contributed by atoms with van der Waals surface area (Å²) in [4.78, 5) is 36.8. The standard InChI is InChI=1S/C11H13NO.C10H18O5/c1-9(13)8-12-10(2)11-6-4-3-5-7-11;1-9(2,3)14-7(11)13-8(12)15-10(4,5)6/h3-8,10H,1-2H3;1-6H3/t10-;/m1./s1. The maximum atomic E-state index is 11.0. The van der Waals surface area contributed by atoms with Crippen molar-refractivity contribution in [3.63, 3.8) is 0 Å². The molecule has 0 saturated carbocycles. The molecule has 0 aliphatic heterocycles. The molecular formula is C21H31NO6. The first-order valence-electron chi connectivity index (χ1n) is 8.92. The van der Waals surface area contributed by atoms with Crippen molar-refractivity contribution in [3.8, 4) is 0 Å². The molecule has 0 heterocycles. The van der Waals surface area contributed by atoms with Crippen molar-refractivity contribution in [1.29, 1.82) is 0 Å². The summed E-state index contributed by atoms with van der Waals surface area (Å²) in [5.41, 5.74) is -0.266. The molecule has 0 spiro atoms. The normalized spacial score (nSPS) is 12.4. The Kier molecular flexibility index (Phi) is 10.1. The molecule has 0 aliphatic rings. The molecule has 0 unspecified atom stereocenters. The van der Waals surface area contributed by atoms with Gasteiger partial charge in [-0.1, -0.05) is 30.3 Å². The molecule has 1 rings (SSSR count). The summed E-state index contributed by atoms with van der Waals surface area (Å²) in [7, 11) is 0. The SMILES string of the molecule is CC(=O)C=N[C@H](C)c1ccccc1.CC(C)(C)OC(=O)OC(=O)OC(C)(C)C. The zero-order valence-electron chi connectivity index (χ0n) is 17.9. The van der Waals surface area contributed by atoms with Crippen LogP contribution in [0.4, 0.5) is 9.59 Å². The van der Waals surface area contributed by atoms with Crippen LogP contribution in [0.5, 0.6) is 0 Å². The molecule has 7 heteroatoms.